The number of hydrogen-bond acceptors (Lipinski definition) is 3. The molecule has 6 heteroatoms. The second kappa shape index (κ2) is 8.56. The third-order valence-corrected chi connectivity index (χ3v) is 6.22. The summed E-state index contributed by atoms with van der Waals surface area (Å²) >= 11 is 5.77. The molecule has 0 saturated carbocycles. The van der Waals surface area contributed by atoms with Crippen molar-refractivity contribution in [3.63, 3.8) is 0 Å². The van der Waals surface area contributed by atoms with Crippen LogP contribution in [0.3, 0.4) is 0 Å². The van der Waals surface area contributed by atoms with Crippen molar-refractivity contribution in [2.75, 3.05) is 6.54 Å². The molecule has 156 valence electrons. The van der Waals surface area contributed by atoms with Gasteiger partial charge in [-0.15, -0.1) is 0 Å². The lowest BCUT2D eigenvalue weighted by Crippen LogP contribution is -2.30. The van der Waals surface area contributed by atoms with Gasteiger partial charge in [-0.2, -0.15) is 0 Å². The SMILES string of the molecule is CCCCN1C(=S)N[C@@H](c2ccccn2)[C@H]1c1cc(C)n(-c2cc(C)ccn2)c1C. The molecule has 1 fully saturated rings. The molecule has 1 N–H and O–H groups in total. The van der Waals surface area contributed by atoms with E-state index in [1.165, 1.54) is 22.5 Å². The molecule has 1 aliphatic heterocycles. The molecule has 0 unspecified atom stereocenters. The maximum absolute atomic E-state index is 5.77. The Bertz CT molecular complexity index is 1040. The van der Waals surface area contributed by atoms with Gasteiger partial charge in [0.25, 0.3) is 0 Å². The first-order valence-electron chi connectivity index (χ1n) is 10.6. The van der Waals surface area contributed by atoms with E-state index in [1.54, 1.807) is 0 Å². The molecule has 0 aliphatic carbocycles. The number of rotatable bonds is 6. The average Bonchev–Trinajstić information content (AvgIpc) is 3.22. The summed E-state index contributed by atoms with van der Waals surface area (Å²) in [5, 5.41) is 4.36. The predicted molar refractivity (Wildman–Crippen MR) is 125 cm³/mol. The Hall–Kier alpha value is -2.73. The molecule has 30 heavy (non-hydrogen) atoms. The quantitative estimate of drug-likeness (QED) is 0.572. The topological polar surface area (TPSA) is 46.0 Å². The lowest BCUT2D eigenvalue weighted by molar-refractivity contribution is 0.312. The Labute approximate surface area is 184 Å². The van der Waals surface area contributed by atoms with Crippen LogP contribution in [0.1, 0.15) is 60.1 Å². The number of hydrogen-bond donors (Lipinski definition) is 1. The molecule has 4 rings (SSSR count). The van der Waals surface area contributed by atoms with Gasteiger partial charge in [0, 0.05) is 30.3 Å². The van der Waals surface area contributed by atoms with Crippen LogP contribution in [-0.4, -0.2) is 31.1 Å². The standard InChI is InChI=1S/C24H29N5S/c1-5-6-13-28-23(22(27-24(28)30)20-9-7-8-11-25-20)19-15-17(3)29(18(19)4)21-14-16(2)10-12-26-21/h7-12,14-15,22-23H,5-6,13H2,1-4H3,(H,27,30)/t22-,23+/m0/s1. The Morgan fingerprint density at radius 1 is 1.07 bits per heavy atom. The van der Waals surface area contributed by atoms with Gasteiger partial charge in [0.2, 0.25) is 0 Å². The first-order valence-corrected chi connectivity index (χ1v) is 11.0. The summed E-state index contributed by atoms with van der Waals surface area (Å²) < 4.78 is 2.25. The van der Waals surface area contributed by atoms with E-state index >= 15 is 0 Å². The minimum Gasteiger partial charge on any atom is -0.352 e. The van der Waals surface area contributed by atoms with Crippen molar-refractivity contribution in [3.05, 3.63) is 77.0 Å². The van der Waals surface area contributed by atoms with Gasteiger partial charge < -0.3 is 14.8 Å². The first kappa shape index (κ1) is 20.5. The van der Waals surface area contributed by atoms with Gasteiger partial charge in [0.1, 0.15) is 5.82 Å². The fraction of sp³-hybridized carbons (Fsp3) is 0.375. The molecule has 1 saturated heterocycles. The van der Waals surface area contributed by atoms with Crippen LogP contribution in [0.5, 0.6) is 0 Å². The molecule has 0 radical (unpaired) electrons. The highest BCUT2D eigenvalue weighted by atomic mass is 32.1. The fourth-order valence-electron chi connectivity index (χ4n) is 4.40. The highest BCUT2D eigenvalue weighted by molar-refractivity contribution is 7.80. The van der Waals surface area contributed by atoms with Crippen molar-refractivity contribution in [2.45, 2.75) is 52.6 Å². The van der Waals surface area contributed by atoms with Gasteiger partial charge in [-0.25, -0.2) is 4.98 Å². The Morgan fingerprint density at radius 3 is 2.60 bits per heavy atom. The van der Waals surface area contributed by atoms with E-state index in [1.807, 2.05) is 30.6 Å². The molecule has 3 aromatic heterocycles. The molecule has 1 aliphatic rings. The molecule has 0 spiro atoms. The van der Waals surface area contributed by atoms with Gasteiger partial charge in [0.05, 0.1) is 17.8 Å². The summed E-state index contributed by atoms with van der Waals surface area (Å²) in [6.45, 7) is 9.58. The van der Waals surface area contributed by atoms with Gasteiger partial charge >= 0.3 is 0 Å². The van der Waals surface area contributed by atoms with Crippen LogP contribution in [-0.2, 0) is 0 Å². The summed E-state index contributed by atoms with van der Waals surface area (Å²) in [5.41, 5.74) is 5.86. The van der Waals surface area contributed by atoms with Gasteiger partial charge in [0.15, 0.2) is 5.11 Å². The highest BCUT2D eigenvalue weighted by Gasteiger charge is 2.41. The molecule has 4 heterocycles. The van der Waals surface area contributed by atoms with Crippen molar-refractivity contribution in [1.82, 2.24) is 24.8 Å². The normalized spacial score (nSPS) is 18.7. The van der Waals surface area contributed by atoms with Crippen LogP contribution >= 0.6 is 12.2 Å². The maximum atomic E-state index is 5.77. The van der Waals surface area contributed by atoms with Crippen molar-refractivity contribution in [2.24, 2.45) is 0 Å². The van der Waals surface area contributed by atoms with Crippen LogP contribution in [0.4, 0.5) is 0 Å². The maximum Gasteiger partial charge on any atom is 0.170 e. The molecule has 3 aromatic rings. The number of unbranched alkanes of at least 4 members (excludes halogenated alkanes) is 1. The average molecular weight is 420 g/mol. The third kappa shape index (κ3) is 3.72. The fourth-order valence-corrected chi connectivity index (χ4v) is 4.73. The van der Waals surface area contributed by atoms with Crippen LogP contribution in [0.25, 0.3) is 5.82 Å². The van der Waals surface area contributed by atoms with Gasteiger partial charge in [-0.3, -0.25) is 4.98 Å². The smallest absolute Gasteiger partial charge is 0.170 e. The van der Waals surface area contributed by atoms with Crippen LogP contribution in [0.2, 0.25) is 0 Å². The lowest BCUT2D eigenvalue weighted by atomic mass is 9.96. The molecule has 5 nitrogen and oxygen atoms in total. The number of nitrogens with one attached hydrogen (secondary N) is 1. The number of aromatic nitrogens is 3. The van der Waals surface area contributed by atoms with E-state index in [9.17, 15) is 0 Å². The van der Waals surface area contributed by atoms with Crippen LogP contribution in [0.15, 0.2) is 48.8 Å². The summed E-state index contributed by atoms with van der Waals surface area (Å²) in [5.74, 6) is 0.958. The molecule has 0 bridgehead atoms. The molecular weight excluding hydrogens is 390 g/mol. The molecule has 2 atom stereocenters. The lowest BCUT2D eigenvalue weighted by Gasteiger charge is -2.28. The molecule has 0 aromatic carbocycles. The zero-order valence-corrected chi connectivity index (χ0v) is 18.9. The minimum atomic E-state index is 0.0231. The zero-order chi connectivity index (χ0) is 21.3. The van der Waals surface area contributed by atoms with Crippen molar-refractivity contribution >= 4 is 17.3 Å². The number of thiocarbonyl (C=S) groups is 1. The summed E-state index contributed by atoms with van der Waals surface area (Å²) in [4.78, 5) is 11.6. The van der Waals surface area contributed by atoms with Gasteiger partial charge in [-0.05, 0) is 80.9 Å². The number of nitrogens with zero attached hydrogens (tertiary/aromatic N) is 4. The predicted octanol–water partition coefficient (Wildman–Crippen LogP) is 4.97. The largest absolute Gasteiger partial charge is 0.352 e. The van der Waals surface area contributed by atoms with E-state index in [0.717, 1.165) is 36.0 Å². The van der Waals surface area contributed by atoms with Crippen LogP contribution < -0.4 is 5.32 Å². The molecular formula is C24H29N5S. The Balaban J connectivity index is 1.82. The Kier molecular flexibility index (Phi) is 5.86. The summed E-state index contributed by atoms with van der Waals surface area (Å²) in [7, 11) is 0. The minimum absolute atomic E-state index is 0.0231. The first-order chi connectivity index (χ1) is 14.5. The second-order valence-corrected chi connectivity index (χ2v) is 8.41. The van der Waals surface area contributed by atoms with Crippen molar-refractivity contribution in [3.8, 4) is 5.82 Å². The number of pyridine rings is 2. The van der Waals surface area contributed by atoms with Crippen molar-refractivity contribution in [1.29, 1.82) is 0 Å². The van der Waals surface area contributed by atoms with E-state index in [0.29, 0.717) is 0 Å². The van der Waals surface area contributed by atoms with Crippen molar-refractivity contribution < 1.29 is 0 Å². The second-order valence-electron chi connectivity index (χ2n) is 8.03. The van der Waals surface area contributed by atoms with E-state index in [4.69, 9.17) is 12.2 Å². The van der Waals surface area contributed by atoms with E-state index in [2.05, 4.69) is 70.6 Å². The highest BCUT2D eigenvalue weighted by Crippen LogP contribution is 2.41. The van der Waals surface area contributed by atoms with E-state index < -0.39 is 0 Å². The summed E-state index contributed by atoms with van der Waals surface area (Å²) in [6.07, 6.45) is 5.96. The van der Waals surface area contributed by atoms with E-state index in [-0.39, 0.29) is 12.1 Å². The monoisotopic (exact) mass is 419 g/mol. The van der Waals surface area contributed by atoms with Crippen LogP contribution in [0, 0.1) is 20.8 Å². The van der Waals surface area contributed by atoms with Gasteiger partial charge in [-0.1, -0.05) is 19.4 Å². The summed E-state index contributed by atoms with van der Waals surface area (Å²) in [6, 6.07) is 12.6. The Morgan fingerprint density at radius 2 is 1.90 bits per heavy atom. The zero-order valence-electron chi connectivity index (χ0n) is 18.1. The molecule has 0 amide bonds. The third-order valence-electron chi connectivity index (χ3n) is 5.87. The number of aryl methyl sites for hydroxylation is 2.